The number of nitrogens with one attached hydrogen (secondary N) is 2. The molecule has 2 heterocycles. The minimum atomic E-state index is -1.13. The van der Waals surface area contributed by atoms with Crippen molar-refractivity contribution >= 4 is 17.7 Å². The Labute approximate surface area is 223 Å². The number of carbonyl (C=O) groups excluding carboxylic acids is 3. The number of aliphatic hydroxyl groups is 3. The quantitative estimate of drug-likeness (QED) is 0.106. The highest BCUT2D eigenvalue weighted by atomic mass is 16.5. The van der Waals surface area contributed by atoms with Gasteiger partial charge in [0.15, 0.2) is 6.10 Å². The van der Waals surface area contributed by atoms with E-state index in [9.17, 15) is 29.7 Å². The maximum atomic E-state index is 13.9. The molecule has 9 N–H and O–H groups in total. The number of methoxy groups -OCH3 is 1. The lowest BCUT2D eigenvalue weighted by molar-refractivity contribution is -0.148. The van der Waals surface area contributed by atoms with Crippen LogP contribution in [0.25, 0.3) is 0 Å². The molecule has 7 atom stereocenters. The van der Waals surface area contributed by atoms with Crippen LogP contribution in [0, 0.1) is 11.8 Å². The highest BCUT2D eigenvalue weighted by Crippen LogP contribution is 2.40. The van der Waals surface area contributed by atoms with E-state index in [2.05, 4.69) is 10.6 Å². The van der Waals surface area contributed by atoms with Gasteiger partial charge in [0, 0.05) is 32.8 Å². The summed E-state index contributed by atoms with van der Waals surface area (Å²) in [6, 6.07) is -2.24. The third-order valence-electron chi connectivity index (χ3n) is 7.95. The van der Waals surface area contributed by atoms with Crippen molar-refractivity contribution in [1.82, 2.24) is 20.4 Å². The minimum absolute atomic E-state index is 0.138. The first-order valence-electron chi connectivity index (χ1n) is 13.3. The number of carbonyl (C=O) groups is 3. The average Bonchev–Trinajstić information content (AvgIpc) is 3.48. The number of nitrogens with two attached hydrogens (primary N) is 2. The Balaban J connectivity index is 1.74. The van der Waals surface area contributed by atoms with E-state index < -0.39 is 61.1 Å². The van der Waals surface area contributed by atoms with Gasteiger partial charge >= 0.3 is 0 Å². The third kappa shape index (κ3) is 6.89. The second-order valence-corrected chi connectivity index (χ2v) is 10.9. The van der Waals surface area contributed by atoms with Crippen molar-refractivity contribution in [1.29, 1.82) is 0 Å². The van der Waals surface area contributed by atoms with Gasteiger partial charge in [0.05, 0.1) is 18.8 Å². The Kier molecular flexibility index (Phi) is 10.6. The van der Waals surface area contributed by atoms with Crippen LogP contribution < -0.4 is 22.1 Å². The first-order chi connectivity index (χ1) is 18.0. The minimum Gasteiger partial charge on any atom is -0.393 e. The van der Waals surface area contributed by atoms with Crippen molar-refractivity contribution in [2.45, 2.75) is 82.3 Å². The lowest BCUT2D eigenvalue weighted by Gasteiger charge is -2.39. The molecule has 3 rings (SSSR count). The summed E-state index contributed by atoms with van der Waals surface area (Å²) in [6.45, 7) is 4.66. The van der Waals surface area contributed by atoms with Crippen LogP contribution in [-0.4, -0.2) is 119 Å². The van der Waals surface area contributed by atoms with Gasteiger partial charge in [-0.15, -0.1) is 0 Å². The smallest absolute Gasteiger partial charge is 0.252 e. The lowest BCUT2D eigenvalue weighted by atomic mass is 9.81. The number of ether oxygens (including phenoxy) is 1. The topological polar surface area (TPSA) is 204 Å². The van der Waals surface area contributed by atoms with E-state index in [0.29, 0.717) is 32.5 Å². The number of nitrogens with zero attached hydrogens (tertiary/aromatic N) is 2. The first kappa shape index (κ1) is 30.4. The Morgan fingerprint density at radius 2 is 1.84 bits per heavy atom. The summed E-state index contributed by atoms with van der Waals surface area (Å²) in [5.74, 6) is -1.88. The van der Waals surface area contributed by atoms with Gasteiger partial charge in [-0.3, -0.25) is 19.3 Å². The van der Waals surface area contributed by atoms with Gasteiger partial charge in [-0.2, -0.15) is 0 Å². The first-order valence-corrected chi connectivity index (χ1v) is 13.3. The van der Waals surface area contributed by atoms with Gasteiger partial charge in [-0.25, -0.2) is 0 Å². The zero-order chi connectivity index (χ0) is 28.1. The molecule has 1 saturated carbocycles. The van der Waals surface area contributed by atoms with Crippen LogP contribution in [0.4, 0.5) is 0 Å². The molecule has 0 spiro atoms. The summed E-state index contributed by atoms with van der Waals surface area (Å²) in [5.41, 5.74) is 12.6. The van der Waals surface area contributed by atoms with Crippen LogP contribution in [0.5, 0.6) is 0 Å². The Morgan fingerprint density at radius 1 is 1.16 bits per heavy atom. The number of aliphatic hydroxyl groups excluding tert-OH is 3. The van der Waals surface area contributed by atoms with E-state index in [4.69, 9.17) is 16.2 Å². The van der Waals surface area contributed by atoms with Crippen LogP contribution in [0.2, 0.25) is 0 Å². The van der Waals surface area contributed by atoms with Crippen molar-refractivity contribution in [2.75, 3.05) is 33.4 Å². The third-order valence-corrected chi connectivity index (χ3v) is 7.95. The molecule has 3 aliphatic rings. The highest BCUT2D eigenvalue weighted by Gasteiger charge is 2.52. The number of hydrogen-bond donors (Lipinski definition) is 7. The van der Waals surface area contributed by atoms with E-state index in [-0.39, 0.29) is 30.6 Å². The summed E-state index contributed by atoms with van der Waals surface area (Å²) in [6.07, 6.45) is -0.197. The second kappa shape index (κ2) is 13.3. The largest absolute Gasteiger partial charge is 0.393 e. The highest BCUT2D eigenvalue weighted by molar-refractivity contribution is 5.93. The maximum absolute atomic E-state index is 13.9. The SMILES string of the molecule is CO[C@H](CO)C(=O)N[C@H](C(=O)N1[C@H](C(=O)NCCC2=CCN(C(N)N)C2)C[C@@H]2C[C@H](O)[C@@H](O)C[C@@H]21)C(C)C. The van der Waals surface area contributed by atoms with Gasteiger partial charge in [0.25, 0.3) is 5.91 Å². The number of likely N-dealkylation sites (tertiary alicyclic amines) is 1. The van der Waals surface area contributed by atoms with E-state index in [1.807, 2.05) is 11.0 Å². The molecule has 1 aliphatic carbocycles. The van der Waals surface area contributed by atoms with Crippen molar-refractivity contribution < 1.29 is 34.4 Å². The van der Waals surface area contributed by atoms with Crippen molar-refractivity contribution in [3.8, 4) is 0 Å². The molecule has 0 unspecified atom stereocenters. The van der Waals surface area contributed by atoms with Crippen molar-refractivity contribution in [3.63, 3.8) is 0 Å². The predicted octanol–water partition coefficient (Wildman–Crippen LogP) is -2.81. The molecular weight excluding hydrogens is 496 g/mol. The van der Waals surface area contributed by atoms with Crippen LogP contribution in [0.1, 0.15) is 39.5 Å². The van der Waals surface area contributed by atoms with Crippen LogP contribution in [0.15, 0.2) is 11.6 Å². The van der Waals surface area contributed by atoms with E-state index >= 15 is 0 Å². The fraction of sp³-hybridized carbons (Fsp3) is 0.800. The number of fused-ring (bicyclic) bond motifs is 1. The van der Waals surface area contributed by atoms with E-state index in [0.717, 1.165) is 5.57 Å². The molecule has 0 aromatic heterocycles. The molecule has 0 radical (unpaired) electrons. The standard InChI is InChI=1S/C25H44N6O7/c1-13(2)21(29-23(36)20(12-32)38-3)24(37)31-16-10-19(34)18(33)9-15(16)8-17(31)22(35)28-6-4-14-5-7-30(11-14)25(26)27/h5,13,15-21,25,32-34H,4,6-12,26-27H2,1-3H3,(H,28,35)(H,29,36)/t15-,16+,17+,18+,19+,20-,21+/m1/s1. The van der Waals surface area contributed by atoms with Gasteiger partial charge in [-0.1, -0.05) is 25.5 Å². The van der Waals surface area contributed by atoms with Crippen LogP contribution >= 0.6 is 0 Å². The lowest BCUT2D eigenvalue weighted by Crippen LogP contribution is -2.60. The van der Waals surface area contributed by atoms with Crippen molar-refractivity contribution in [3.05, 3.63) is 11.6 Å². The van der Waals surface area contributed by atoms with Gasteiger partial charge in [0.2, 0.25) is 11.8 Å². The number of rotatable bonds is 11. The summed E-state index contributed by atoms with van der Waals surface area (Å²) in [7, 11) is 1.29. The normalized spacial score (nSPS) is 29.3. The monoisotopic (exact) mass is 540 g/mol. The second-order valence-electron chi connectivity index (χ2n) is 10.9. The van der Waals surface area contributed by atoms with Gasteiger partial charge in [0.1, 0.15) is 18.4 Å². The van der Waals surface area contributed by atoms with E-state index in [1.165, 1.54) is 12.0 Å². The van der Waals surface area contributed by atoms with Gasteiger partial charge in [-0.05, 0) is 37.5 Å². The molecule has 0 aromatic carbocycles. The van der Waals surface area contributed by atoms with Crippen LogP contribution in [0.3, 0.4) is 0 Å². The fourth-order valence-electron chi connectivity index (χ4n) is 5.69. The number of amides is 3. The zero-order valence-corrected chi connectivity index (χ0v) is 22.5. The average molecular weight is 541 g/mol. The molecule has 0 bridgehead atoms. The van der Waals surface area contributed by atoms with Crippen molar-refractivity contribution in [2.24, 2.45) is 23.3 Å². The molecule has 216 valence electrons. The molecule has 3 amide bonds. The number of hydrogen-bond acceptors (Lipinski definition) is 10. The molecule has 2 aliphatic heterocycles. The molecule has 1 saturated heterocycles. The fourth-order valence-corrected chi connectivity index (χ4v) is 5.69. The van der Waals surface area contributed by atoms with Crippen LogP contribution in [-0.2, 0) is 19.1 Å². The Bertz CT molecular complexity index is 880. The Hall–Kier alpha value is -2.13. The van der Waals surface area contributed by atoms with Gasteiger partial charge < -0.3 is 47.1 Å². The van der Waals surface area contributed by atoms with E-state index in [1.54, 1.807) is 13.8 Å². The zero-order valence-electron chi connectivity index (χ0n) is 22.5. The molecule has 13 heteroatoms. The summed E-state index contributed by atoms with van der Waals surface area (Å²) in [5, 5.41) is 35.7. The molecule has 0 aromatic rings. The maximum Gasteiger partial charge on any atom is 0.252 e. The molecule has 13 nitrogen and oxygen atoms in total. The molecule has 38 heavy (non-hydrogen) atoms. The molecular formula is C25H44N6O7. The predicted molar refractivity (Wildman–Crippen MR) is 138 cm³/mol. The summed E-state index contributed by atoms with van der Waals surface area (Å²) >= 11 is 0. The summed E-state index contributed by atoms with van der Waals surface area (Å²) in [4.78, 5) is 43.3. The Morgan fingerprint density at radius 3 is 2.42 bits per heavy atom. The summed E-state index contributed by atoms with van der Waals surface area (Å²) < 4.78 is 4.99. The molecule has 2 fully saturated rings.